The van der Waals surface area contributed by atoms with E-state index in [-0.39, 0.29) is 0 Å². The van der Waals surface area contributed by atoms with Crippen molar-refractivity contribution in [2.45, 2.75) is 38.2 Å². The Morgan fingerprint density at radius 2 is 1.36 bits per heavy atom. The molecule has 2 unspecified atom stereocenters. The molecule has 0 aliphatic rings. The summed E-state index contributed by atoms with van der Waals surface area (Å²) in [5.41, 5.74) is 0. The van der Waals surface area contributed by atoms with Gasteiger partial charge in [-0.2, -0.15) is 13.2 Å². The highest BCUT2D eigenvalue weighted by molar-refractivity contribution is 4.90. The molecule has 0 fully saturated rings. The first-order chi connectivity index (χ1) is 6.01. The smallest absolute Gasteiger partial charge is 0.386 e. The zero-order valence-electron chi connectivity index (χ0n) is 7.45. The van der Waals surface area contributed by atoms with E-state index < -0.39 is 30.3 Å². The number of aliphatic hydroxyl groups excluding tert-OH is 1. The maximum absolute atomic E-state index is 12.6. The first kappa shape index (κ1) is 13.5. The number of hydrogen-bond acceptors (Lipinski definition) is 1. The third kappa shape index (κ3) is 2.76. The average molecular weight is 224 g/mol. The van der Waals surface area contributed by atoms with E-state index in [0.29, 0.717) is 0 Å². The number of hydrogen-bond donors (Lipinski definition) is 1. The van der Waals surface area contributed by atoms with E-state index in [4.69, 9.17) is 5.11 Å². The van der Waals surface area contributed by atoms with Crippen molar-refractivity contribution in [1.29, 1.82) is 0 Å². The Labute approximate surface area is 76.7 Å². The highest BCUT2D eigenvalue weighted by atomic mass is 19.4. The van der Waals surface area contributed by atoms with Crippen LogP contribution >= 0.6 is 0 Å². The molecular weight excluding hydrogens is 214 g/mol. The molecule has 0 aromatic rings. The molecule has 0 aliphatic heterocycles. The number of halogens is 6. The first-order valence-corrected chi connectivity index (χ1v) is 3.78. The summed E-state index contributed by atoms with van der Waals surface area (Å²) in [6.07, 6.45) is -12.7. The molecule has 14 heavy (non-hydrogen) atoms. The van der Waals surface area contributed by atoms with Crippen LogP contribution in [0.4, 0.5) is 26.3 Å². The van der Waals surface area contributed by atoms with Crippen LogP contribution in [0.1, 0.15) is 13.8 Å². The minimum absolute atomic E-state index is 1.07. The van der Waals surface area contributed by atoms with Gasteiger partial charge in [-0.1, -0.05) is 13.8 Å². The summed E-state index contributed by atoms with van der Waals surface area (Å²) in [5, 5.41) is 8.70. The van der Waals surface area contributed by atoms with Crippen molar-refractivity contribution in [2.24, 2.45) is 5.92 Å². The van der Waals surface area contributed by atoms with Gasteiger partial charge in [-0.15, -0.1) is 0 Å². The SMILES string of the molecule is CC(C)C(O)C(F)(F)C(F)C(F)(F)F. The topological polar surface area (TPSA) is 20.2 Å². The van der Waals surface area contributed by atoms with Crippen LogP contribution in [0.5, 0.6) is 0 Å². The number of rotatable bonds is 3. The number of aliphatic hydroxyl groups is 1. The zero-order valence-corrected chi connectivity index (χ0v) is 7.45. The summed E-state index contributed by atoms with van der Waals surface area (Å²) in [6.45, 7) is 2.14. The summed E-state index contributed by atoms with van der Waals surface area (Å²) in [7, 11) is 0. The third-order valence-electron chi connectivity index (χ3n) is 1.65. The van der Waals surface area contributed by atoms with Crippen molar-refractivity contribution >= 4 is 0 Å². The van der Waals surface area contributed by atoms with Crippen LogP contribution in [-0.2, 0) is 0 Å². The molecule has 0 amide bonds. The number of alkyl halides is 6. The second-order valence-electron chi connectivity index (χ2n) is 3.27. The van der Waals surface area contributed by atoms with Gasteiger partial charge in [-0.3, -0.25) is 0 Å². The molecule has 0 saturated heterocycles. The Morgan fingerprint density at radius 1 is 1.00 bits per heavy atom. The summed E-state index contributed by atoms with van der Waals surface area (Å²) in [5.74, 6) is -5.97. The summed E-state index contributed by atoms with van der Waals surface area (Å²) >= 11 is 0. The first-order valence-electron chi connectivity index (χ1n) is 3.78. The third-order valence-corrected chi connectivity index (χ3v) is 1.65. The van der Waals surface area contributed by atoms with Gasteiger partial charge in [0.1, 0.15) is 6.10 Å². The lowest BCUT2D eigenvalue weighted by Crippen LogP contribution is -2.51. The fourth-order valence-electron chi connectivity index (χ4n) is 0.813. The molecule has 0 spiro atoms. The largest absolute Gasteiger partial charge is 0.425 e. The van der Waals surface area contributed by atoms with Gasteiger partial charge in [0, 0.05) is 0 Å². The molecule has 0 aromatic carbocycles. The molecule has 86 valence electrons. The minimum Gasteiger partial charge on any atom is -0.386 e. The highest BCUT2D eigenvalue weighted by Crippen LogP contribution is 2.38. The van der Waals surface area contributed by atoms with E-state index in [1.165, 1.54) is 0 Å². The second-order valence-corrected chi connectivity index (χ2v) is 3.27. The normalized spacial score (nSPS) is 18.4. The van der Waals surface area contributed by atoms with Crippen molar-refractivity contribution in [3.8, 4) is 0 Å². The summed E-state index contributed by atoms with van der Waals surface area (Å²) < 4.78 is 72.3. The zero-order chi connectivity index (χ0) is 11.7. The molecule has 0 saturated carbocycles. The van der Waals surface area contributed by atoms with Crippen LogP contribution in [-0.4, -0.2) is 29.5 Å². The predicted molar refractivity (Wildman–Crippen MR) is 36.7 cm³/mol. The van der Waals surface area contributed by atoms with Crippen LogP contribution in [0, 0.1) is 5.92 Å². The van der Waals surface area contributed by atoms with Crippen molar-refractivity contribution in [3.05, 3.63) is 0 Å². The lowest BCUT2D eigenvalue weighted by molar-refractivity contribution is -0.272. The fraction of sp³-hybridized carbons (Fsp3) is 1.00. The molecule has 0 bridgehead atoms. The molecule has 1 N–H and O–H groups in total. The van der Waals surface area contributed by atoms with Gasteiger partial charge in [0.15, 0.2) is 0 Å². The van der Waals surface area contributed by atoms with Crippen LogP contribution in [0.2, 0.25) is 0 Å². The van der Waals surface area contributed by atoms with E-state index in [9.17, 15) is 26.3 Å². The van der Waals surface area contributed by atoms with Crippen molar-refractivity contribution < 1.29 is 31.4 Å². The van der Waals surface area contributed by atoms with Crippen LogP contribution in [0.3, 0.4) is 0 Å². The summed E-state index contributed by atoms with van der Waals surface area (Å²) in [6, 6.07) is 0. The second kappa shape index (κ2) is 3.96. The maximum Gasteiger partial charge on any atom is 0.425 e. The van der Waals surface area contributed by atoms with Gasteiger partial charge in [-0.25, -0.2) is 13.2 Å². The molecule has 0 radical (unpaired) electrons. The van der Waals surface area contributed by atoms with Crippen LogP contribution in [0.15, 0.2) is 0 Å². The Morgan fingerprint density at radius 3 is 1.57 bits per heavy atom. The molecular formula is C7H10F6O. The maximum atomic E-state index is 12.6. The van der Waals surface area contributed by atoms with Gasteiger partial charge in [0.05, 0.1) is 0 Å². The van der Waals surface area contributed by atoms with Gasteiger partial charge < -0.3 is 5.11 Å². The fourth-order valence-corrected chi connectivity index (χ4v) is 0.813. The predicted octanol–water partition coefficient (Wildman–Crippen LogP) is 2.54. The Hall–Kier alpha value is -0.460. The average Bonchev–Trinajstić information content (AvgIpc) is 1.99. The molecule has 0 rings (SSSR count). The summed E-state index contributed by atoms with van der Waals surface area (Å²) in [4.78, 5) is 0. The highest BCUT2D eigenvalue weighted by Gasteiger charge is 2.60. The van der Waals surface area contributed by atoms with Gasteiger partial charge in [-0.05, 0) is 5.92 Å². The molecule has 2 atom stereocenters. The van der Waals surface area contributed by atoms with Crippen LogP contribution in [0.25, 0.3) is 0 Å². The monoisotopic (exact) mass is 224 g/mol. The quantitative estimate of drug-likeness (QED) is 0.730. The minimum atomic E-state index is -5.67. The van der Waals surface area contributed by atoms with Gasteiger partial charge in [0.25, 0.3) is 6.17 Å². The van der Waals surface area contributed by atoms with E-state index >= 15 is 0 Å². The Balaban J connectivity index is 4.77. The van der Waals surface area contributed by atoms with Gasteiger partial charge in [0.2, 0.25) is 0 Å². The molecule has 0 aromatic heterocycles. The molecule has 1 nitrogen and oxygen atoms in total. The van der Waals surface area contributed by atoms with E-state index in [2.05, 4.69) is 0 Å². The van der Waals surface area contributed by atoms with Crippen LogP contribution < -0.4 is 0 Å². The lowest BCUT2D eigenvalue weighted by atomic mass is 9.97. The van der Waals surface area contributed by atoms with E-state index in [1.807, 2.05) is 0 Å². The molecule has 0 aliphatic carbocycles. The Bertz CT molecular complexity index is 187. The Kier molecular flexibility index (Phi) is 3.83. The van der Waals surface area contributed by atoms with E-state index in [0.717, 1.165) is 13.8 Å². The van der Waals surface area contributed by atoms with Crippen molar-refractivity contribution in [3.63, 3.8) is 0 Å². The van der Waals surface area contributed by atoms with E-state index in [1.54, 1.807) is 0 Å². The standard InChI is InChI=1S/C7H10F6O/c1-3(2)4(14)6(9,10)5(8)7(11,12)13/h3-5,14H,1-2H3. The van der Waals surface area contributed by atoms with Crippen molar-refractivity contribution in [2.75, 3.05) is 0 Å². The lowest BCUT2D eigenvalue weighted by Gasteiger charge is -2.29. The molecule has 7 heteroatoms. The molecule has 0 heterocycles. The van der Waals surface area contributed by atoms with Gasteiger partial charge >= 0.3 is 12.1 Å². The van der Waals surface area contributed by atoms with Crippen molar-refractivity contribution in [1.82, 2.24) is 0 Å².